The highest BCUT2D eigenvalue weighted by Crippen LogP contribution is 2.30. The van der Waals surface area contributed by atoms with Crippen molar-refractivity contribution in [2.24, 2.45) is 11.8 Å². The zero-order valence-corrected chi connectivity index (χ0v) is 15.4. The average molecular weight is 396 g/mol. The number of rotatable bonds is 3. The van der Waals surface area contributed by atoms with Crippen LogP contribution in [-0.4, -0.2) is 30.8 Å². The van der Waals surface area contributed by atoms with Crippen molar-refractivity contribution in [2.75, 3.05) is 13.1 Å². The van der Waals surface area contributed by atoms with Gasteiger partial charge in [0.25, 0.3) is 0 Å². The van der Waals surface area contributed by atoms with Crippen LogP contribution in [0.1, 0.15) is 33.1 Å². The molecular weight excluding hydrogens is 376 g/mol. The molecule has 118 valence electrons. The van der Waals surface area contributed by atoms with Gasteiger partial charge in [-0.15, -0.1) is 0 Å². The first-order valence-corrected chi connectivity index (χ1v) is 9.74. The first-order valence-electron chi connectivity index (χ1n) is 7.13. The lowest BCUT2D eigenvalue weighted by Crippen LogP contribution is -2.32. The summed E-state index contributed by atoms with van der Waals surface area (Å²) in [5, 5.41) is 0.0304. The van der Waals surface area contributed by atoms with Gasteiger partial charge in [-0.1, -0.05) is 25.4 Å². The molecule has 1 aromatic rings. The Morgan fingerprint density at radius 1 is 1.38 bits per heavy atom. The van der Waals surface area contributed by atoms with Gasteiger partial charge in [0, 0.05) is 23.8 Å². The van der Waals surface area contributed by atoms with Crippen LogP contribution in [0.15, 0.2) is 21.6 Å². The molecule has 4 nitrogen and oxygen atoms in total. The van der Waals surface area contributed by atoms with E-state index in [0.29, 0.717) is 29.4 Å². The second kappa shape index (κ2) is 6.94. The van der Waals surface area contributed by atoms with Crippen molar-refractivity contribution in [3.8, 4) is 0 Å². The Kier molecular flexibility index (Phi) is 5.68. The summed E-state index contributed by atoms with van der Waals surface area (Å²) in [5.41, 5.74) is 0. The molecule has 0 aromatic carbocycles. The summed E-state index contributed by atoms with van der Waals surface area (Å²) < 4.78 is 27.7. The van der Waals surface area contributed by atoms with Crippen molar-refractivity contribution < 1.29 is 8.42 Å². The second-order valence-corrected chi connectivity index (χ2v) is 8.96. The van der Waals surface area contributed by atoms with Gasteiger partial charge in [0.15, 0.2) is 0 Å². The molecule has 0 amide bonds. The molecule has 0 aliphatic carbocycles. The lowest BCUT2D eigenvalue weighted by molar-refractivity contribution is 0.340. The number of pyridine rings is 1. The maximum Gasteiger partial charge on any atom is 0.246 e. The Bertz CT molecular complexity index is 607. The number of halogens is 2. The minimum atomic E-state index is -3.58. The van der Waals surface area contributed by atoms with E-state index in [0.717, 1.165) is 19.3 Å². The molecule has 0 bridgehead atoms. The fourth-order valence-corrected chi connectivity index (χ4v) is 5.14. The topological polar surface area (TPSA) is 50.3 Å². The van der Waals surface area contributed by atoms with E-state index in [9.17, 15) is 8.42 Å². The Morgan fingerprint density at radius 3 is 2.76 bits per heavy atom. The third-order valence-corrected chi connectivity index (χ3v) is 6.82. The zero-order chi connectivity index (χ0) is 15.6. The van der Waals surface area contributed by atoms with E-state index in [4.69, 9.17) is 11.6 Å². The molecule has 21 heavy (non-hydrogen) atoms. The molecule has 0 radical (unpaired) electrons. The Labute approximate surface area is 140 Å². The molecule has 2 heterocycles. The summed E-state index contributed by atoms with van der Waals surface area (Å²) >= 11 is 9.23. The highest BCUT2D eigenvalue weighted by molar-refractivity contribution is 9.10. The van der Waals surface area contributed by atoms with E-state index in [1.165, 1.54) is 12.3 Å². The van der Waals surface area contributed by atoms with Crippen molar-refractivity contribution in [3.63, 3.8) is 0 Å². The lowest BCUT2D eigenvalue weighted by Gasteiger charge is -2.21. The van der Waals surface area contributed by atoms with Crippen LogP contribution in [0.25, 0.3) is 0 Å². The molecule has 1 atom stereocenters. The van der Waals surface area contributed by atoms with E-state index in [2.05, 4.69) is 34.8 Å². The first-order chi connectivity index (χ1) is 9.82. The minimum absolute atomic E-state index is 0.0304. The van der Waals surface area contributed by atoms with Crippen LogP contribution in [0.4, 0.5) is 0 Å². The van der Waals surface area contributed by atoms with Crippen LogP contribution in [0.5, 0.6) is 0 Å². The monoisotopic (exact) mass is 394 g/mol. The van der Waals surface area contributed by atoms with Crippen LogP contribution in [0, 0.1) is 11.8 Å². The van der Waals surface area contributed by atoms with Gasteiger partial charge in [-0.2, -0.15) is 4.31 Å². The summed E-state index contributed by atoms with van der Waals surface area (Å²) in [6.45, 7) is 5.50. The Hall–Kier alpha value is -0.170. The molecule has 0 saturated carbocycles. The summed E-state index contributed by atoms with van der Waals surface area (Å²) in [6, 6.07) is 1.52. The molecule has 1 aromatic heterocycles. The summed E-state index contributed by atoms with van der Waals surface area (Å²) in [5.74, 6) is 1.17. The summed E-state index contributed by atoms with van der Waals surface area (Å²) in [7, 11) is -3.58. The van der Waals surface area contributed by atoms with Crippen molar-refractivity contribution in [1.82, 2.24) is 9.29 Å². The third kappa shape index (κ3) is 3.97. The maximum atomic E-state index is 12.8. The summed E-state index contributed by atoms with van der Waals surface area (Å²) in [4.78, 5) is 4.00. The molecule has 1 aliphatic heterocycles. The minimum Gasteiger partial charge on any atom is -0.242 e. The van der Waals surface area contributed by atoms with Gasteiger partial charge in [0.2, 0.25) is 10.0 Å². The van der Waals surface area contributed by atoms with Gasteiger partial charge in [0.1, 0.15) is 10.0 Å². The zero-order valence-electron chi connectivity index (χ0n) is 12.2. The molecule has 2 rings (SSSR count). The van der Waals surface area contributed by atoms with E-state index in [-0.39, 0.29) is 10.0 Å². The van der Waals surface area contributed by atoms with Gasteiger partial charge in [-0.05, 0) is 53.1 Å². The van der Waals surface area contributed by atoms with Crippen LogP contribution in [-0.2, 0) is 10.0 Å². The molecule has 0 spiro atoms. The molecule has 1 aliphatic rings. The second-order valence-electron chi connectivity index (χ2n) is 5.78. The smallest absolute Gasteiger partial charge is 0.242 e. The number of sulfonamides is 1. The predicted molar refractivity (Wildman–Crippen MR) is 87.9 cm³/mol. The van der Waals surface area contributed by atoms with Crippen molar-refractivity contribution in [3.05, 3.63) is 21.9 Å². The van der Waals surface area contributed by atoms with Gasteiger partial charge >= 0.3 is 0 Å². The highest BCUT2D eigenvalue weighted by atomic mass is 79.9. The van der Waals surface area contributed by atoms with Gasteiger partial charge in [-0.3, -0.25) is 0 Å². The predicted octanol–water partition coefficient (Wildman–Crippen LogP) is 3.94. The Morgan fingerprint density at radius 2 is 2.10 bits per heavy atom. The van der Waals surface area contributed by atoms with Crippen LogP contribution >= 0.6 is 27.5 Å². The van der Waals surface area contributed by atoms with Crippen molar-refractivity contribution in [1.29, 1.82) is 0 Å². The fraction of sp³-hybridized carbons (Fsp3) is 0.643. The molecule has 1 saturated heterocycles. The molecular formula is C14H20BrClN2O2S. The van der Waals surface area contributed by atoms with Gasteiger partial charge in [0.05, 0.1) is 0 Å². The molecule has 1 fully saturated rings. The normalized spacial score (nSPS) is 21.5. The average Bonchev–Trinajstić information content (AvgIpc) is 2.67. The highest BCUT2D eigenvalue weighted by Gasteiger charge is 2.30. The van der Waals surface area contributed by atoms with Gasteiger partial charge < -0.3 is 0 Å². The quantitative estimate of drug-likeness (QED) is 0.728. The van der Waals surface area contributed by atoms with E-state index >= 15 is 0 Å². The van der Waals surface area contributed by atoms with Crippen molar-refractivity contribution in [2.45, 2.75) is 38.0 Å². The standard InChI is InChI=1S/C14H20BrClN2O2S/c1-10(2)11-4-3-6-18(7-5-11)21(19,20)13-8-12(15)9-17-14(13)16/h8-11H,3-7H2,1-2H3. The number of hydrogen-bond donors (Lipinski definition) is 0. The van der Waals surface area contributed by atoms with Crippen LogP contribution in [0.2, 0.25) is 5.15 Å². The van der Waals surface area contributed by atoms with Crippen LogP contribution < -0.4 is 0 Å². The molecule has 0 N–H and O–H groups in total. The third-order valence-electron chi connectivity index (χ3n) is 4.07. The molecule has 1 unspecified atom stereocenters. The van der Waals surface area contributed by atoms with Crippen molar-refractivity contribution >= 4 is 37.6 Å². The first kappa shape index (κ1) is 17.2. The number of hydrogen-bond acceptors (Lipinski definition) is 3. The number of aromatic nitrogens is 1. The summed E-state index contributed by atoms with van der Waals surface area (Å²) in [6.07, 6.45) is 4.36. The Balaban J connectivity index is 2.25. The van der Waals surface area contributed by atoms with Gasteiger partial charge in [-0.25, -0.2) is 13.4 Å². The maximum absolute atomic E-state index is 12.8. The van der Waals surface area contributed by atoms with E-state index in [1.807, 2.05) is 0 Å². The SMILES string of the molecule is CC(C)C1CCCN(S(=O)(=O)c2cc(Br)cnc2Cl)CC1. The fourth-order valence-electron chi connectivity index (χ4n) is 2.73. The van der Waals surface area contributed by atoms with E-state index < -0.39 is 10.0 Å². The lowest BCUT2D eigenvalue weighted by atomic mass is 9.89. The van der Waals surface area contributed by atoms with Crippen LogP contribution in [0.3, 0.4) is 0 Å². The largest absolute Gasteiger partial charge is 0.246 e. The molecule has 7 heteroatoms. The van der Waals surface area contributed by atoms with E-state index in [1.54, 1.807) is 4.31 Å². The number of nitrogens with zero attached hydrogens (tertiary/aromatic N) is 2.